The van der Waals surface area contributed by atoms with E-state index in [9.17, 15) is 14.4 Å². The van der Waals surface area contributed by atoms with Crippen molar-refractivity contribution in [3.63, 3.8) is 0 Å². The van der Waals surface area contributed by atoms with Crippen molar-refractivity contribution in [2.24, 2.45) is 23.2 Å². The van der Waals surface area contributed by atoms with E-state index in [0.29, 0.717) is 12.8 Å². The van der Waals surface area contributed by atoms with Crippen LogP contribution in [0.2, 0.25) is 0 Å². The zero-order chi connectivity index (χ0) is 19.6. The molecule has 0 N–H and O–H groups in total. The van der Waals surface area contributed by atoms with Gasteiger partial charge in [-0.1, -0.05) is 27.7 Å². The van der Waals surface area contributed by atoms with Crippen molar-refractivity contribution in [3.05, 3.63) is 0 Å². The molecule has 6 nitrogen and oxygen atoms in total. The Hall–Kier alpha value is -1.59. The number of carbonyl (C=O) groups is 3. The fourth-order valence-electron chi connectivity index (χ4n) is 3.71. The van der Waals surface area contributed by atoms with Gasteiger partial charge < -0.3 is 14.2 Å². The summed E-state index contributed by atoms with van der Waals surface area (Å²) in [6.45, 7) is 13.0. The van der Waals surface area contributed by atoms with Crippen LogP contribution in [0.3, 0.4) is 0 Å². The molecule has 0 spiro atoms. The zero-order valence-corrected chi connectivity index (χ0v) is 16.7. The van der Waals surface area contributed by atoms with Gasteiger partial charge in [-0.15, -0.1) is 0 Å². The van der Waals surface area contributed by atoms with Gasteiger partial charge >= 0.3 is 17.9 Å². The van der Waals surface area contributed by atoms with Crippen LogP contribution in [-0.4, -0.2) is 37.7 Å². The van der Waals surface area contributed by atoms with Gasteiger partial charge in [0.1, 0.15) is 0 Å². The summed E-state index contributed by atoms with van der Waals surface area (Å²) in [5, 5.41) is 0. The number of carbonyl (C=O) groups excluding carboxylic acids is 3. The van der Waals surface area contributed by atoms with Gasteiger partial charge in [0.25, 0.3) is 0 Å². The largest absolute Gasteiger partial charge is 0.466 e. The molecule has 0 bridgehead atoms. The van der Waals surface area contributed by atoms with Crippen LogP contribution < -0.4 is 0 Å². The van der Waals surface area contributed by atoms with E-state index < -0.39 is 35.2 Å². The lowest BCUT2D eigenvalue weighted by Crippen LogP contribution is -2.55. The predicted octanol–water partition coefficient (Wildman–Crippen LogP) is 3.37. The Morgan fingerprint density at radius 3 is 1.32 bits per heavy atom. The summed E-state index contributed by atoms with van der Waals surface area (Å²) in [6, 6.07) is 0. The second-order valence-corrected chi connectivity index (χ2v) is 6.23. The van der Waals surface area contributed by atoms with E-state index in [2.05, 4.69) is 0 Å². The van der Waals surface area contributed by atoms with Crippen molar-refractivity contribution in [3.8, 4) is 0 Å². The maximum Gasteiger partial charge on any atom is 0.314 e. The Kier molecular flexibility index (Phi) is 10.4. The van der Waals surface area contributed by atoms with E-state index in [-0.39, 0.29) is 25.7 Å². The molecule has 0 heterocycles. The third-order valence-electron chi connectivity index (χ3n) is 4.70. The van der Waals surface area contributed by atoms with Gasteiger partial charge in [-0.05, 0) is 39.5 Å². The van der Waals surface area contributed by atoms with Gasteiger partial charge in [-0.2, -0.15) is 0 Å². The number of esters is 3. The van der Waals surface area contributed by atoms with Crippen LogP contribution in [0.1, 0.15) is 61.3 Å². The summed E-state index contributed by atoms with van der Waals surface area (Å²) in [5.74, 6) is -3.36. The molecule has 2 unspecified atom stereocenters. The minimum Gasteiger partial charge on any atom is -0.466 e. The second-order valence-electron chi connectivity index (χ2n) is 6.23. The Balaban J connectivity index is 6.43. The SMILES string of the molecule is CCOC(=O)C(CC)C(C(=O)OCC)(C(C)C)C(CC)C(=O)OCC. The van der Waals surface area contributed by atoms with Gasteiger partial charge in [-0.3, -0.25) is 14.4 Å². The van der Waals surface area contributed by atoms with Crippen LogP contribution in [0.25, 0.3) is 0 Å². The van der Waals surface area contributed by atoms with Gasteiger partial charge in [0.15, 0.2) is 0 Å². The molecule has 0 aliphatic rings. The molecule has 0 aliphatic heterocycles. The summed E-state index contributed by atoms with van der Waals surface area (Å²) < 4.78 is 15.8. The molecular formula is C19H34O6. The highest BCUT2D eigenvalue weighted by molar-refractivity contribution is 5.91. The van der Waals surface area contributed by atoms with Crippen molar-refractivity contribution in [2.45, 2.75) is 61.3 Å². The van der Waals surface area contributed by atoms with Crippen LogP contribution in [0.15, 0.2) is 0 Å². The molecule has 0 aromatic rings. The summed E-state index contributed by atoms with van der Waals surface area (Å²) in [5.41, 5.74) is -1.32. The summed E-state index contributed by atoms with van der Waals surface area (Å²) in [7, 11) is 0. The topological polar surface area (TPSA) is 78.9 Å². The molecule has 0 aromatic heterocycles. The van der Waals surface area contributed by atoms with E-state index in [0.717, 1.165) is 0 Å². The number of ether oxygens (including phenoxy) is 3. The number of hydrogen-bond acceptors (Lipinski definition) is 6. The van der Waals surface area contributed by atoms with Crippen LogP contribution in [0.5, 0.6) is 0 Å². The van der Waals surface area contributed by atoms with E-state index in [1.54, 1.807) is 20.8 Å². The van der Waals surface area contributed by atoms with Crippen LogP contribution in [0.4, 0.5) is 0 Å². The molecule has 146 valence electrons. The highest BCUT2D eigenvalue weighted by Crippen LogP contribution is 2.48. The lowest BCUT2D eigenvalue weighted by atomic mass is 9.58. The maximum absolute atomic E-state index is 13.1. The Labute approximate surface area is 151 Å². The monoisotopic (exact) mass is 358 g/mol. The first-order valence-corrected chi connectivity index (χ1v) is 9.29. The van der Waals surface area contributed by atoms with Crippen molar-refractivity contribution >= 4 is 17.9 Å². The maximum atomic E-state index is 13.1. The molecule has 2 atom stereocenters. The fraction of sp³-hybridized carbons (Fsp3) is 0.842. The lowest BCUT2D eigenvalue weighted by Gasteiger charge is -2.44. The average molecular weight is 358 g/mol. The molecule has 0 amide bonds. The molecule has 0 rings (SSSR count). The predicted molar refractivity (Wildman–Crippen MR) is 94.7 cm³/mol. The van der Waals surface area contributed by atoms with Crippen molar-refractivity contribution < 1.29 is 28.6 Å². The molecule has 0 aliphatic carbocycles. The molecule has 0 fully saturated rings. The minimum atomic E-state index is -1.32. The molecule has 25 heavy (non-hydrogen) atoms. The molecule has 0 saturated carbocycles. The molecule has 0 radical (unpaired) electrons. The normalized spacial score (nSPS) is 15.8. The highest BCUT2D eigenvalue weighted by Gasteiger charge is 2.59. The van der Waals surface area contributed by atoms with Gasteiger partial charge in [0, 0.05) is 0 Å². The van der Waals surface area contributed by atoms with Crippen LogP contribution in [-0.2, 0) is 28.6 Å². The van der Waals surface area contributed by atoms with Crippen molar-refractivity contribution in [1.82, 2.24) is 0 Å². The minimum absolute atomic E-state index is 0.172. The number of rotatable bonds is 11. The van der Waals surface area contributed by atoms with E-state index >= 15 is 0 Å². The van der Waals surface area contributed by atoms with E-state index in [4.69, 9.17) is 14.2 Å². The Bertz CT molecular complexity index is 417. The standard InChI is InChI=1S/C19H34O6/c1-8-14(16(20)23-10-3)19(13(6)7,18(22)25-12-5)15(9-2)17(21)24-11-4/h13-15H,8-12H2,1-7H3. The number of hydrogen-bond donors (Lipinski definition) is 0. The third-order valence-corrected chi connectivity index (χ3v) is 4.70. The fourth-order valence-corrected chi connectivity index (χ4v) is 3.71. The van der Waals surface area contributed by atoms with E-state index in [1.165, 1.54) is 0 Å². The van der Waals surface area contributed by atoms with Crippen molar-refractivity contribution in [2.75, 3.05) is 19.8 Å². The third kappa shape index (κ3) is 4.95. The molecule has 6 heteroatoms. The summed E-state index contributed by atoms with van der Waals surface area (Å²) >= 11 is 0. The van der Waals surface area contributed by atoms with Gasteiger partial charge in [0.05, 0.1) is 37.1 Å². The van der Waals surface area contributed by atoms with Gasteiger partial charge in [-0.25, -0.2) is 0 Å². The Morgan fingerprint density at radius 1 is 0.720 bits per heavy atom. The Morgan fingerprint density at radius 2 is 1.08 bits per heavy atom. The second kappa shape index (κ2) is 11.1. The van der Waals surface area contributed by atoms with E-state index in [1.807, 2.05) is 27.7 Å². The molecule has 0 saturated heterocycles. The van der Waals surface area contributed by atoms with Crippen LogP contribution >= 0.6 is 0 Å². The average Bonchev–Trinajstić information content (AvgIpc) is 2.54. The smallest absolute Gasteiger partial charge is 0.314 e. The van der Waals surface area contributed by atoms with Crippen LogP contribution in [0, 0.1) is 23.2 Å². The highest BCUT2D eigenvalue weighted by atomic mass is 16.5. The van der Waals surface area contributed by atoms with Crippen molar-refractivity contribution in [1.29, 1.82) is 0 Å². The van der Waals surface area contributed by atoms with Gasteiger partial charge in [0.2, 0.25) is 0 Å². The molecular weight excluding hydrogens is 324 g/mol. The quantitative estimate of drug-likeness (QED) is 0.416. The first kappa shape index (κ1) is 23.4. The molecule has 0 aromatic carbocycles. The summed E-state index contributed by atoms with van der Waals surface area (Å²) in [4.78, 5) is 38.4. The first-order chi connectivity index (χ1) is 11.8. The lowest BCUT2D eigenvalue weighted by molar-refractivity contribution is -0.187. The zero-order valence-electron chi connectivity index (χ0n) is 16.7. The first-order valence-electron chi connectivity index (χ1n) is 9.29. The summed E-state index contributed by atoms with van der Waals surface area (Å²) in [6.07, 6.45) is 0.734.